The predicted octanol–water partition coefficient (Wildman–Crippen LogP) is 7.11. The summed E-state index contributed by atoms with van der Waals surface area (Å²) in [6.07, 6.45) is 22.2. The lowest BCUT2D eigenvalue weighted by molar-refractivity contribution is 0.0957. The maximum atomic E-state index is 12.2. The molecule has 0 atom stereocenters. The Hall–Kier alpha value is -1.97. The number of rotatable bonds is 15. The Balaban J connectivity index is 1.45. The molecule has 0 unspecified atom stereocenters. The van der Waals surface area contributed by atoms with Gasteiger partial charge in [0, 0.05) is 6.08 Å². The fourth-order valence-electron chi connectivity index (χ4n) is 3.57. The van der Waals surface area contributed by atoms with Gasteiger partial charge in [0.25, 0.3) is 5.91 Å². The van der Waals surface area contributed by atoms with Gasteiger partial charge in [0.15, 0.2) is 0 Å². The van der Waals surface area contributed by atoms with Crippen LogP contribution in [0.15, 0.2) is 36.4 Å². The summed E-state index contributed by atoms with van der Waals surface area (Å²) in [7, 11) is 0. The third-order valence-corrected chi connectivity index (χ3v) is 5.30. The normalized spacial score (nSPS) is 11.6. The van der Waals surface area contributed by atoms with Crippen molar-refractivity contribution in [2.45, 2.75) is 96.8 Å². The Bertz CT molecular complexity index is 705. The third kappa shape index (κ3) is 8.37. The molecule has 0 aliphatic carbocycles. The van der Waals surface area contributed by atoms with Gasteiger partial charge < -0.3 is 0 Å². The highest BCUT2D eigenvalue weighted by Gasteiger charge is 2.07. The monoisotopic (exact) mass is 383 g/mol. The number of hydrogen-bond donors (Lipinski definition) is 0. The second kappa shape index (κ2) is 14.1. The predicted molar refractivity (Wildman–Crippen MR) is 118 cm³/mol. The SMILES string of the molecule is CCCCCCCCCCCCCCC/C=C/C(=O)n1nnc2ccccc21. The number of carbonyl (C=O) groups excluding carboxylic acids is 1. The highest BCUT2D eigenvalue weighted by atomic mass is 16.2. The van der Waals surface area contributed by atoms with Crippen LogP contribution < -0.4 is 0 Å². The van der Waals surface area contributed by atoms with Crippen molar-refractivity contribution in [1.29, 1.82) is 0 Å². The minimum Gasteiger partial charge on any atom is -0.267 e. The van der Waals surface area contributed by atoms with Crippen LogP contribution in [0.25, 0.3) is 11.0 Å². The molecule has 2 aromatic rings. The highest BCUT2D eigenvalue weighted by Crippen LogP contribution is 2.13. The number of allylic oxidation sites excluding steroid dienone is 2. The van der Waals surface area contributed by atoms with E-state index in [4.69, 9.17) is 0 Å². The molecule has 0 spiro atoms. The van der Waals surface area contributed by atoms with Crippen molar-refractivity contribution in [1.82, 2.24) is 15.0 Å². The van der Waals surface area contributed by atoms with Gasteiger partial charge in [0.2, 0.25) is 0 Å². The number of fused-ring (bicyclic) bond motifs is 1. The quantitative estimate of drug-likeness (QED) is 0.243. The van der Waals surface area contributed by atoms with E-state index in [1.807, 2.05) is 30.3 Å². The van der Waals surface area contributed by atoms with E-state index in [9.17, 15) is 4.79 Å². The molecule has 0 saturated carbocycles. The zero-order valence-corrected chi connectivity index (χ0v) is 17.6. The molecule has 0 bridgehead atoms. The summed E-state index contributed by atoms with van der Waals surface area (Å²) in [5.41, 5.74) is 1.51. The summed E-state index contributed by atoms with van der Waals surface area (Å²) in [5.74, 6) is -0.122. The van der Waals surface area contributed by atoms with Crippen LogP contribution in [0, 0.1) is 0 Å². The standard InChI is InChI=1S/C24H37N3O/c1-2-3-4-5-6-7-8-9-10-11-12-13-14-15-16-21-24(28)27-23-20-18-17-19-22(23)25-26-27/h16-21H,2-15H2,1H3/b21-16+. The number of nitrogens with zero attached hydrogens (tertiary/aromatic N) is 3. The molecule has 0 N–H and O–H groups in total. The van der Waals surface area contributed by atoms with Gasteiger partial charge in [0.1, 0.15) is 5.52 Å². The molecule has 4 heteroatoms. The second-order valence-corrected chi connectivity index (χ2v) is 7.76. The van der Waals surface area contributed by atoms with Crippen molar-refractivity contribution in [2.75, 3.05) is 0 Å². The van der Waals surface area contributed by atoms with Gasteiger partial charge in [-0.15, -0.1) is 5.10 Å². The summed E-state index contributed by atoms with van der Waals surface area (Å²) in [6, 6.07) is 7.53. The molecular formula is C24H37N3O. The molecule has 2 rings (SSSR count). The van der Waals surface area contributed by atoms with E-state index in [0.717, 1.165) is 23.9 Å². The number of hydrogen-bond acceptors (Lipinski definition) is 3. The average Bonchev–Trinajstić information content (AvgIpc) is 3.15. The molecular weight excluding hydrogens is 346 g/mol. The van der Waals surface area contributed by atoms with E-state index < -0.39 is 0 Å². The number of aromatic nitrogens is 3. The molecule has 28 heavy (non-hydrogen) atoms. The van der Waals surface area contributed by atoms with Crippen LogP contribution in [-0.4, -0.2) is 20.9 Å². The number of benzene rings is 1. The molecule has 0 radical (unpaired) electrons. The molecule has 4 nitrogen and oxygen atoms in total. The third-order valence-electron chi connectivity index (χ3n) is 5.30. The minimum atomic E-state index is -0.122. The van der Waals surface area contributed by atoms with E-state index in [1.54, 1.807) is 6.08 Å². The van der Waals surface area contributed by atoms with Crippen LogP contribution in [0.1, 0.15) is 102 Å². The zero-order chi connectivity index (χ0) is 19.9. The molecule has 1 aromatic heterocycles. The highest BCUT2D eigenvalue weighted by molar-refractivity contribution is 5.95. The van der Waals surface area contributed by atoms with E-state index in [-0.39, 0.29) is 5.91 Å². The average molecular weight is 384 g/mol. The summed E-state index contributed by atoms with van der Waals surface area (Å²) in [6.45, 7) is 2.27. The zero-order valence-electron chi connectivity index (χ0n) is 17.6. The molecule has 1 heterocycles. The van der Waals surface area contributed by atoms with Gasteiger partial charge in [-0.3, -0.25) is 4.79 Å². The van der Waals surface area contributed by atoms with Crippen molar-refractivity contribution in [3.8, 4) is 0 Å². The van der Waals surface area contributed by atoms with Crippen molar-refractivity contribution in [3.05, 3.63) is 36.4 Å². The summed E-state index contributed by atoms with van der Waals surface area (Å²) < 4.78 is 1.37. The molecule has 0 aliphatic rings. The van der Waals surface area contributed by atoms with Gasteiger partial charge in [-0.1, -0.05) is 107 Å². The first-order valence-electron chi connectivity index (χ1n) is 11.3. The largest absolute Gasteiger partial charge is 0.272 e. The summed E-state index contributed by atoms with van der Waals surface area (Å²) in [5, 5.41) is 7.97. The van der Waals surface area contributed by atoms with Crippen molar-refractivity contribution < 1.29 is 4.79 Å². The van der Waals surface area contributed by atoms with Crippen molar-refractivity contribution in [2.24, 2.45) is 0 Å². The Morgan fingerprint density at radius 3 is 2.07 bits per heavy atom. The van der Waals surface area contributed by atoms with E-state index in [1.165, 1.54) is 81.7 Å². The van der Waals surface area contributed by atoms with Crippen LogP contribution >= 0.6 is 0 Å². The second-order valence-electron chi connectivity index (χ2n) is 7.76. The van der Waals surface area contributed by atoms with Gasteiger partial charge >= 0.3 is 0 Å². The van der Waals surface area contributed by atoms with Crippen LogP contribution in [0.3, 0.4) is 0 Å². The number of unbranched alkanes of at least 4 members (excludes halogenated alkanes) is 13. The van der Waals surface area contributed by atoms with Gasteiger partial charge in [-0.2, -0.15) is 4.68 Å². The number of carbonyl (C=O) groups is 1. The van der Waals surface area contributed by atoms with Crippen LogP contribution in [-0.2, 0) is 0 Å². The van der Waals surface area contributed by atoms with Gasteiger partial charge in [0.05, 0.1) is 5.52 Å². The first kappa shape index (κ1) is 22.3. The lowest BCUT2D eigenvalue weighted by Gasteiger charge is -2.02. The Labute approximate surface area is 170 Å². The van der Waals surface area contributed by atoms with E-state index in [2.05, 4.69) is 17.2 Å². The smallest absolute Gasteiger partial charge is 0.267 e. The lowest BCUT2D eigenvalue weighted by Crippen LogP contribution is -2.08. The van der Waals surface area contributed by atoms with Gasteiger partial charge in [-0.25, -0.2) is 0 Å². The summed E-state index contributed by atoms with van der Waals surface area (Å²) in [4.78, 5) is 12.2. The number of para-hydroxylation sites is 1. The molecule has 0 saturated heterocycles. The minimum absolute atomic E-state index is 0.122. The Morgan fingerprint density at radius 2 is 1.43 bits per heavy atom. The molecule has 0 aliphatic heterocycles. The molecule has 154 valence electrons. The Kier molecular flexibility index (Phi) is 11.2. The fourth-order valence-corrected chi connectivity index (χ4v) is 3.57. The molecule has 0 fully saturated rings. The maximum Gasteiger partial charge on any atom is 0.272 e. The first-order chi connectivity index (χ1) is 13.8. The fraction of sp³-hybridized carbons (Fsp3) is 0.625. The van der Waals surface area contributed by atoms with E-state index in [0.29, 0.717) is 0 Å². The summed E-state index contributed by atoms with van der Waals surface area (Å²) >= 11 is 0. The first-order valence-corrected chi connectivity index (χ1v) is 11.3. The van der Waals surface area contributed by atoms with Crippen LogP contribution in [0.5, 0.6) is 0 Å². The topological polar surface area (TPSA) is 47.8 Å². The van der Waals surface area contributed by atoms with Crippen molar-refractivity contribution >= 4 is 16.9 Å². The van der Waals surface area contributed by atoms with Crippen LogP contribution in [0.2, 0.25) is 0 Å². The van der Waals surface area contributed by atoms with Crippen molar-refractivity contribution in [3.63, 3.8) is 0 Å². The molecule has 1 aromatic carbocycles. The molecule has 0 amide bonds. The van der Waals surface area contributed by atoms with E-state index >= 15 is 0 Å². The van der Waals surface area contributed by atoms with Gasteiger partial charge in [-0.05, 0) is 25.0 Å². The maximum absolute atomic E-state index is 12.2. The lowest BCUT2D eigenvalue weighted by atomic mass is 10.0. The van der Waals surface area contributed by atoms with Crippen LogP contribution in [0.4, 0.5) is 0 Å². The Morgan fingerprint density at radius 1 is 0.857 bits per heavy atom.